The maximum absolute atomic E-state index is 12.7. The molecule has 17 heavy (non-hydrogen) atoms. The van der Waals surface area contributed by atoms with Gasteiger partial charge in [-0.05, 0) is 35.4 Å². The summed E-state index contributed by atoms with van der Waals surface area (Å²) in [5.74, 6) is 0.318. The van der Waals surface area contributed by atoms with Gasteiger partial charge in [-0.15, -0.1) is 11.6 Å². The van der Waals surface area contributed by atoms with E-state index >= 15 is 0 Å². The second-order valence-electron chi connectivity index (χ2n) is 3.81. The lowest BCUT2D eigenvalue weighted by atomic mass is 10.2. The fraction of sp³-hybridized carbons (Fsp3) is 0.143. The van der Waals surface area contributed by atoms with Gasteiger partial charge < -0.3 is 5.32 Å². The molecular weight excluding hydrogens is 237 g/mol. The Hall–Kier alpha value is -1.54. The van der Waals surface area contributed by atoms with Crippen molar-refractivity contribution in [2.24, 2.45) is 0 Å². The number of benzene rings is 2. The quantitative estimate of drug-likeness (QED) is 0.802. The second kappa shape index (κ2) is 5.69. The molecule has 0 fully saturated rings. The van der Waals surface area contributed by atoms with Crippen molar-refractivity contribution in [1.82, 2.24) is 0 Å². The van der Waals surface area contributed by atoms with Crippen LogP contribution in [-0.2, 0) is 12.4 Å². The summed E-state index contributed by atoms with van der Waals surface area (Å²) in [6.07, 6.45) is 0. The van der Waals surface area contributed by atoms with Crippen LogP contribution in [0.4, 0.5) is 10.1 Å². The molecule has 0 saturated heterocycles. The average Bonchev–Trinajstić information content (AvgIpc) is 2.39. The summed E-state index contributed by atoms with van der Waals surface area (Å²) in [6, 6.07) is 14.4. The van der Waals surface area contributed by atoms with Gasteiger partial charge in [0.05, 0.1) is 0 Å². The molecule has 0 radical (unpaired) electrons. The Bertz CT molecular complexity index is 465. The normalized spacial score (nSPS) is 10.2. The summed E-state index contributed by atoms with van der Waals surface area (Å²) in [4.78, 5) is 0. The van der Waals surface area contributed by atoms with Crippen LogP contribution in [0.15, 0.2) is 48.5 Å². The predicted molar refractivity (Wildman–Crippen MR) is 69.7 cm³/mol. The molecule has 1 nitrogen and oxygen atoms in total. The van der Waals surface area contributed by atoms with Crippen molar-refractivity contribution in [3.63, 3.8) is 0 Å². The van der Waals surface area contributed by atoms with Crippen LogP contribution in [0.3, 0.4) is 0 Å². The van der Waals surface area contributed by atoms with Gasteiger partial charge in [0.2, 0.25) is 0 Å². The van der Waals surface area contributed by atoms with E-state index in [1.807, 2.05) is 24.3 Å². The molecule has 1 N–H and O–H groups in total. The zero-order valence-electron chi connectivity index (χ0n) is 9.29. The van der Waals surface area contributed by atoms with Crippen LogP contribution in [0.2, 0.25) is 0 Å². The first kappa shape index (κ1) is 11.9. The van der Waals surface area contributed by atoms with Crippen LogP contribution >= 0.6 is 11.6 Å². The topological polar surface area (TPSA) is 12.0 Å². The molecule has 2 rings (SSSR count). The van der Waals surface area contributed by atoms with E-state index in [1.54, 1.807) is 12.1 Å². The van der Waals surface area contributed by atoms with E-state index in [-0.39, 0.29) is 5.82 Å². The SMILES string of the molecule is Fc1ccc(CNc2ccc(CCl)cc2)cc1. The maximum Gasteiger partial charge on any atom is 0.123 e. The van der Waals surface area contributed by atoms with Crippen molar-refractivity contribution in [1.29, 1.82) is 0 Å². The average molecular weight is 250 g/mol. The van der Waals surface area contributed by atoms with E-state index in [2.05, 4.69) is 5.32 Å². The molecule has 0 bridgehead atoms. The molecule has 0 amide bonds. The van der Waals surface area contributed by atoms with Crippen LogP contribution < -0.4 is 5.32 Å². The van der Waals surface area contributed by atoms with Gasteiger partial charge >= 0.3 is 0 Å². The van der Waals surface area contributed by atoms with Gasteiger partial charge in [-0.25, -0.2) is 4.39 Å². The highest BCUT2D eigenvalue weighted by molar-refractivity contribution is 6.17. The molecule has 3 heteroatoms. The van der Waals surface area contributed by atoms with Gasteiger partial charge in [-0.1, -0.05) is 24.3 Å². The van der Waals surface area contributed by atoms with Gasteiger partial charge in [0.1, 0.15) is 5.82 Å². The molecule has 0 spiro atoms. The lowest BCUT2D eigenvalue weighted by Crippen LogP contribution is -1.99. The Morgan fingerprint density at radius 3 is 2.06 bits per heavy atom. The van der Waals surface area contributed by atoms with Crippen molar-refractivity contribution >= 4 is 17.3 Å². The number of hydrogen-bond acceptors (Lipinski definition) is 1. The first-order valence-electron chi connectivity index (χ1n) is 5.41. The number of hydrogen-bond donors (Lipinski definition) is 1. The Morgan fingerprint density at radius 1 is 0.882 bits per heavy atom. The van der Waals surface area contributed by atoms with Gasteiger partial charge in [-0.2, -0.15) is 0 Å². The minimum absolute atomic E-state index is 0.208. The highest BCUT2D eigenvalue weighted by Gasteiger charge is 1.95. The van der Waals surface area contributed by atoms with Gasteiger partial charge in [-0.3, -0.25) is 0 Å². The molecule has 0 atom stereocenters. The third-order valence-electron chi connectivity index (χ3n) is 2.52. The Morgan fingerprint density at radius 2 is 1.47 bits per heavy atom. The molecule has 2 aromatic carbocycles. The van der Waals surface area contributed by atoms with E-state index in [1.165, 1.54) is 12.1 Å². The molecule has 0 heterocycles. The van der Waals surface area contributed by atoms with Gasteiger partial charge in [0, 0.05) is 18.1 Å². The number of nitrogens with one attached hydrogen (secondary N) is 1. The Labute approximate surface area is 105 Å². The molecule has 0 aliphatic carbocycles. The van der Waals surface area contributed by atoms with E-state index < -0.39 is 0 Å². The van der Waals surface area contributed by atoms with Crippen molar-refractivity contribution in [3.05, 3.63) is 65.5 Å². The molecule has 0 aromatic heterocycles. The van der Waals surface area contributed by atoms with Crippen molar-refractivity contribution < 1.29 is 4.39 Å². The fourth-order valence-corrected chi connectivity index (χ4v) is 1.70. The molecule has 2 aromatic rings. The maximum atomic E-state index is 12.7. The van der Waals surface area contributed by atoms with E-state index in [0.717, 1.165) is 16.8 Å². The van der Waals surface area contributed by atoms with Crippen LogP contribution in [0.25, 0.3) is 0 Å². The van der Waals surface area contributed by atoms with E-state index in [4.69, 9.17) is 11.6 Å². The van der Waals surface area contributed by atoms with E-state index in [0.29, 0.717) is 12.4 Å². The van der Waals surface area contributed by atoms with Gasteiger partial charge in [0.25, 0.3) is 0 Å². The minimum Gasteiger partial charge on any atom is -0.381 e. The molecule has 0 unspecified atom stereocenters. The van der Waals surface area contributed by atoms with Crippen LogP contribution in [0.1, 0.15) is 11.1 Å². The van der Waals surface area contributed by atoms with Crippen LogP contribution in [0.5, 0.6) is 0 Å². The van der Waals surface area contributed by atoms with Crippen LogP contribution in [-0.4, -0.2) is 0 Å². The summed E-state index contributed by atoms with van der Waals surface area (Å²) in [5.41, 5.74) is 3.18. The number of halogens is 2. The number of anilines is 1. The predicted octanol–water partition coefficient (Wildman–Crippen LogP) is 4.18. The van der Waals surface area contributed by atoms with Crippen molar-refractivity contribution in [2.45, 2.75) is 12.4 Å². The first-order valence-corrected chi connectivity index (χ1v) is 5.94. The molecule has 0 aliphatic heterocycles. The molecular formula is C14H13ClFN. The molecule has 0 aliphatic rings. The zero-order chi connectivity index (χ0) is 12.1. The third-order valence-corrected chi connectivity index (χ3v) is 2.83. The minimum atomic E-state index is -0.208. The lowest BCUT2D eigenvalue weighted by Gasteiger charge is -2.07. The highest BCUT2D eigenvalue weighted by Crippen LogP contribution is 2.12. The van der Waals surface area contributed by atoms with Crippen molar-refractivity contribution in [2.75, 3.05) is 5.32 Å². The summed E-state index contributed by atoms with van der Waals surface area (Å²) in [6.45, 7) is 0.681. The fourth-order valence-electron chi connectivity index (χ4n) is 1.52. The van der Waals surface area contributed by atoms with Crippen molar-refractivity contribution in [3.8, 4) is 0 Å². The van der Waals surface area contributed by atoms with E-state index in [9.17, 15) is 4.39 Å². The summed E-state index contributed by atoms with van der Waals surface area (Å²) in [7, 11) is 0. The monoisotopic (exact) mass is 249 g/mol. The van der Waals surface area contributed by atoms with Gasteiger partial charge in [0.15, 0.2) is 0 Å². The summed E-state index contributed by atoms with van der Waals surface area (Å²) in [5, 5.41) is 3.27. The summed E-state index contributed by atoms with van der Waals surface area (Å²) < 4.78 is 12.7. The molecule has 0 saturated carbocycles. The largest absolute Gasteiger partial charge is 0.381 e. The third kappa shape index (κ3) is 3.46. The number of rotatable bonds is 4. The number of alkyl halides is 1. The summed E-state index contributed by atoms with van der Waals surface area (Å²) >= 11 is 5.71. The standard InChI is InChI=1S/C14H13ClFN/c15-9-11-3-7-14(8-4-11)17-10-12-1-5-13(16)6-2-12/h1-8,17H,9-10H2. The van der Waals surface area contributed by atoms with Crippen LogP contribution in [0, 0.1) is 5.82 Å². The smallest absolute Gasteiger partial charge is 0.123 e. The Balaban J connectivity index is 1.95. The molecule has 88 valence electrons. The highest BCUT2D eigenvalue weighted by atomic mass is 35.5. The first-order chi connectivity index (χ1) is 8.28. The zero-order valence-corrected chi connectivity index (χ0v) is 10.0. The Kier molecular flexibility index (Phi) is 3.99. The lowest BCUT2D eigenvalue weighted by molar-refractivity contribution is 0.627. The second-order valence-corrected chi connectivity index (χ2v) is 4.08.